The van der Waals surface area contributed by atoms with E-state index < -0.39 is 63.1 Å². The van der Waals surface area contributed by atoms with Crippen LogP contribution in [0.25, 0.3) is 0 Å². The largest absolute Gasteiger partial charge is 0.456 e. The minimum Gasteiger partial charge on any atom is -0.456 e. The Hall–Kier alpha value is -2.71. The van der Waals surface area contributed by atoms with E-state index in [-0.39, 0.29) is 23.7 Å². The zero-order valence-electron chi connectivity index (χ0n) is 17.3. The maximum atomic E-state index is 13.8. The van der Waals surface area contributed by atoms with Gasteiger partial charge in [0.15, 0.2) is 0 Å². The molecule has 0 spiro atoms. The van der Waals surface area contributed by atoms with Crippen LogP contribution < -0.4 is 10.5 Å². The molecule has 1 aromatic carbocycles. The summed E-state index contributed by atoms with van der Waals surface area (Å²) < 4.78 is 101. The number of halogens is 6. The van der Waals surface area contributed by atoms with Gasteiger partial charge in [-0.3, -0.25) is 9.78 Å². The molecule has 3 N–H and O–H groups in total. The Morgan fingerprint density at radius 3 is 2.38 bits per heavy atom. The Morgan fingerprint density at radius 1 is 1.12 bits per heavy atom. The Balaban J connectivity index is 1.82. The van der Waals surface area contributed by atoms with Crippen molar-refractivity contribution in [3.63, 3.8) is 0 Å². The van der Waals surface area contributed by atoms with E-state index in [1.165, 1.54) is 6.07 Å². The molecule has 0 fully saturated rings. The van der Waals surface area contributed by atoms with E-state index in [1.54, 1.807) is 0 Å². The van der Waals surface area contributed by atoms with Crippen molar-refractivity contribution < 1.29 is 45.2 Å². The van der Waals surface area contributed by atoms with Gasteiger partial charge < -0.3 is 15.6 Å². The summed E-state index contributed by atoms with van der Waals surface area (Å²) in [6, 6.07) is 4.65. The van der Waals surface area contributed by atoms with Crippen LogP contribution in [0.15, 0.2) is 47.0 Å². The van der Waals surface area contributed by atoms with E-state index in [0.717, 1.165) is 30.5 Å². The molecule has 1 aliphatic heterocycles. The number of carbonyl (C=O) groups is 1. The second kappa shape index (κ2) is 9.15. The Kier molecular flexibility index (Phi) is 6.97. The summed E-state index contributed by atoms with van der Waals surface area (Å²) in [5, 5.41) is 10.5. The Bertz CT molecular complexity index is 1180. The molecule has 0 saturated heterocycles. The number of rotatable bonds is 6. The first-order chi connectivity index (χ1) is 15.6. The van der Waals surface area contributed by atoms with Gasteiger partial charge in [-0.15, -0.1) is 0 Å². The minimum atomic E-state index is -5.23. The zero-order valence-corrected chi connectivity index (χ0v) is 18.1. The number of aliphatic hydroxyl groups is 1. The van der Waals surface area contributed by atoms with Crippen LogP contribution in [0.4, 0.5) is 26.3 Å². The van der Waals surface area contributed by atoms with Gasteiger partial charge in [-0.05, 0) is 36.8 Å². The second-order valence-corrected chi connectivity index (χ2v) is 10.2. The van der Waals surface area contributed by atoms with Gasteiger partial charge in [0.05, 0.1) is 33.2 Å². The fourth-order valence-electron chi connectivity index (χ4n) is 3.14. The Labute approximate surface area is 190 Å². The normalized spacial score (nSPS) is 23.2. The third-order valence-corrected chi connectivity index (χ3v) is 7.36. The quantitative estimate of drug-likeness (QED) is 0.571. The van der Waals surface area contributed by atoms with Crippen LogP contribution in [0.1, 0.15) is 24.1 Å². The summed E-state index contributed by atoms with van der Waals surface area (Å²) in [6.45, 7) is 0. The first kappa shape index (κ1) is 25.9. The van der Waals surface area contributed by atoms with Crippen molar-refractivity contribution in [1.29, 1.82) is 0 Å². The van der Waals surface area contributed by atoms with Crippen LogP contribution in [0.2, 0.25) is 0 Å². The van der Waals surface area contributed by atoms with Gasteiger partial charge >= 0.3 is 12.4 Å². The third-order valence-electron chi connectivity index (χ3n) is 5.13. The molecule has 14 heteroatoms. The number of nitrogens with two attached hydrogens (primary N) is 1. The lowest BCUT2D eigenvalue weighted by Crippen LogP contribution is -2.45. The second-order valence-electron chi connectivity index (χ2n) is 7.62. The summed E-state index contributed by atoms with van der Waals surface area (Å²) in [7, 11) is -3.35. The highest BCUT2D eigenvalue weighted by molar-refractivity contribution is 7.93. The number of hydrogen-bond acceptors (Lipinski definition) is 6. The number of carbonyl (C=O) groups excluding carboxylic acids is 1. The van der Waals surface area contributed by atoms with Crippen molar-refractivity contribution in [2.75, 3.05) is 11.5 Å². The van der Waals surface area contributed by atoms with Crippen LogP contribution in [0.5, 0.6) is 11.5 Å². The monoisotopic (exact) mass is 511 g/mol. The van der Waals surface area contributed by atoms with Crippen LogP contribution >= 0.6 is 0 Å². The molecule has 2 unspecified atom stereocenters. The number of hydrogen-bond donors (Lipinski definition) is 2. The van der Waals surface area contributed by atoms with Crippen LogP contribution in [-0.4, -0.2) is 43.9 Å². The maximum absolute atomic E-state index is 13.8. The molecule has 1 aromatic heterocycles. The van der Waals surface area contributed by atoms with Gasteiger partial charge in [0.2, 0.25) is 5.60 Å². The summed E-state index contributed by atoms with van der Waals surface area (Å²) in [5.74, 6) is -2.20. The Morgan fingerprint density at radius 2 is 1.82 bits per heavy atom. The summed E-state index contributed by atoms with van der Waals surface area (Å²) in [6.07, 6.45) is -10.1. The lowest BCUT2D eigenvalue weighted by molar-refractivity contribution is -0.268. The molecule has 0 saturated carbocycles. The predicted octanol–water partition coefficient (Wildman–Crippen LogP) is 3.76. The van der Waals surface area contributed by atoms with Gasteiger partial charge in [0.1, 0.15) is 11.5 Å². The van der Waals surface area contributed by atoms with Crippen LogP contribution in [0, 0.1) is 0 Å². The topological polar surface area (TPSA) is 115 Å². The molecule has 34 heavy (non-hydrogen) atoms. The van der Waals surface area contributed by atoms with E-state index in [4.69, 9.17) is 10.5 Å². The lowest BCUT2D eigenvalue weighted by atomic mass is 9.95. The summed E-state index contributed by atoms with van der Waals surface area (Å²) in [5.41, 5.74) is 0.109. The van der Waals surface area contributed by atoms with Gasteiger partial charge in [0.25, 0.3) is 5.91 Å². The van der Waals surface area contributed by atoms with Crippen molar-refractivity contribution >= 4 is 15.6 Å². The minimum absolute atomic E-state index is 0.00849. The van der Waals surface area contributed by atoms with E-state index in [9.17, 15) is 40.5 Å². The number of nitrogens with zero attached hydrogens (tertiary/aromatic N) is 2. The van der Waals surface area contributed by atoms with Crippen LogP contribution in [-0.2, 0) is 26.3 Å². The average molecular weight is 511 g/mol. The molecule has 2 heterocycles. The summed E-state index contributed by atoms with van der Waals surface area (Å²) >= 11 is 0. The zero-order chi connectivity index (χ0) is 25.4. The van der Waals surface area contributed by atoms with Crippen molar-refractivity contribution in [2.24, 2.45) is 10.1 Å². The van der Waals surface area contributed by atoms with E-state index in [0.29, 0.717) is 6.07 Å². The predicted molar refractivity (Wildman–Crippen MR) is 108 cm³/mol. The third kappa shape index (κ3) is 5.67. The molecule has 0 bridgehead atoms. The number of amides is 1. The number of pyridine rings is 1. The molecule has 1 amide bonds. The standard InChI is InChI=1S/C20H19F6N3O4S/c21-19(22,23)12-2-1-3-13(10-12)33-14-4-5-16(28-11-14)18(31,20(24,25)26)7-9-34(32)8-6-15(27)17(30)29-34/h1-5,10-11,15,31H,6-9,27H2/t15-,18?,34?/m0/s1. The summed E-state index contributed by atoms with van der Waals surface area (Å²) in [4.78, 5) is 15.2. The molecule has 0 radical (unpaired) electrons. The smallest absolute Gasteiger partial charge is 0.423 e. The van der Waals surface area contributed by atoms with Crippen molar-refractivity contribution in [3.05, 3.63) is 53.9 Å². The fraction of sp³-hybridized carbons (Fsp3) is 0.400. The lowest BCUT2D eigenvalue weighted by Gasteiger charge is -2.31. The van der Waals surface area contributed by atoms with Gasteiger partial charge in [-0.1, -0.05) is 6.07 Å². The van der Waals surface area contributed by atoms with Gasteiger partial charge in [0, 0.05) is 17.9 Å². The highest BCUT2D eigenvalue weighted by Crippen LogP contribution is 2.42. The highest BCUT2D eigenvalue weighted by Gasteiger charge is 2.56. The molecular formula is C20H19F6N3O4S. The molecule has 7 nitrogen and oxygen atoms in total. The van der Waals surface area contributed by atoms with Crippen LogP contribution in [0.3, 0.4) is 0 Å². The number of ether oxygens (including phenoxy) is 1. The van der Waals surface area contributed by atoms with Crippen molar-refractivity contribution in [2.45, 2.75) is 36.8 Å². The van der Waals surface area contributed by atoms with Crippen molar-refractivity contribution in [3.8, 4) is 11.5 Å². The molecule has 3 atom stereocenters. The number of alkyl halides is 6. The first-order valence-electron chi connectivity index (χ1n) is 9.76. The number of benzene rings is 1. The molecule has 2 aromatic rings. The van der Waals surface area contributed by atoms with E-state index >= 15 is 0 Å². The molecule has 0 aliphatic carbocycles. The highest BCUT2D eigenvalue weighted by atomic mass is 32.2. The first-order valence-corrected chi connectivity index (χ1v) is 11.6. The fourth-order valence-corrected chi connectivity index (χ4v) is 5.23. The van der Waals surface area contributed by atoms with Gasteiger partial charge in [-0.2, -0.15) is 30.7 Å². The SMILES string of the molecule is N[C@H]1CCS(=O)(CCC(O)(c2ccc(Oc3cccc(C(F)(F)F)c3)cn2)C(F)(F)F)=NC1=O. The van der Waals surface area contributed by atoms with Crippen molar-refractivity contribution in [1.82, 2.24) is 4.98 Å². The number of aromatic nitrogens is 1. The molecule has 3 rings (SSSR count). The average Bonchev–Trinajstić information content (AvgIpc) is 2.74. The molecule has 186 valence electrons. The van der Waals surface area contributed by atoms with E-state index in [1.807, 2.05) is 0 Å². The molecular weight excluding hydrogens is 492 g/mol. The van der Waals surface area contributed by atoms with Gasteiger partial charge in [-0.25, -0.2) is 4.21 Å². The van der Waals surface area contributed by atoms with E-state index in [2.05, 4.69) is 9.35 Å². The maximum Gasteiger partial charge on any atom is 0.423 e. The molecule has 1 aliphatic rings.